The normalized spacial score (nSPS) is 12.8. The largest absolute Gasteiger partial charge is 0.230 e. The first-order valence-electron chi connectivity index (χ1n) is 6.10. The Morgan fingerprint density at radius 3 is 2.75 bits per heavy atom. The average molecular weight is 340 g/mol. The van der Waals surface area contributed by atoms with E-state index in [1.165, 1.54) is 0 Å². The predicted molar refractivity (Wildman–Crippen MR) is 90.4 cm³/mol. The molecule has 0 saturated heterocycles. The van der Waals surface area contributed by atoms with Crippen LogP contribution in [0.25, 0.3) is 10.2 Å². The molecule has 0 aliphatic carbocycles. The number of thiazole rings is 1. The summed E-state index contributed by atoms with van der Waals surface area (Å²) < 4.78 is 2.19. The summed E-state index contributed by atoms with van der Waals surface area (Å²) in [6, 6.07) is 13.8. The van der Waals surface area contributed by atoms with Crippen LogP contribution in [0.2, 0.25) is 10.0 Å². The van der Waals surface area contributed by atoms with E-state index in [0.717, 1.165) is 30.2 Å². The van der Waals surface area contributed by atoms with Gasteiger partial charge in [0.25, 0.3) is 0 Å². The molecule has 0 spiro atoms. The fraction of sp³-hybridized carbons (Fsp3) is 0.133. The third-order valence-electron chi connectivity index (χ3n) is 2.95. The topological polar surface area (TPSA) is 12.9 Å². The van der Waals surface area contributed by atoms with Crippen LogP contribution >= 0.6 is 46.3 Å². The maximum absolute atomic E-state index is 6.24. The molecule has 1 aromatic heterocycles. The van der Waals surface area contributed by atoms with Crippen molar-refractivity contribution >= 4 is 56.5 Å². The number of hydrogen-bond acceptors (Lipinski definition) is 3. The maximum Gasteiger partial charge on any atom is 0.151 e. The van der Waals surface area contributed by atoms with E-state index in [4.69, 9.17) is 23.2 Å². The van der Waals surface area contributed by atoms with E-state index in [0.29, 0.717) is 0 Å². The van der Waals surface area contributed by atoms with Gasteiger partial charge in [0.1, 0.15) is 0 Å². The average Bonchev–Trinajstić information content (AvgIpc) is 2.80. The second-order valence-electron chi connectivity index (χ2n) is 4.37. The van der Waals surface area contributed by atoms with Gasteiger partial charge in [-0.2, -0.15) is 0 Å². The Kier molecular flexibility index (Phi) is 4.22. The fourth-order valence-corrected chi connectivity index (χ4v) is 4.84. The van der Waals surface area contributed by atoms with Crippen molar-refractivity contribution in [1.29, 1.82) is 0 Å². The summed E-state index contributed by atoms with van der Waals surface area (Å²) in [5, 5.41) is 1.79. The molecule has 0 N–H and O–H groups in total. The Hall–Kier alpha value is -0.740. The summed E-state index contributed by atoms with van der Waals surface area (Å²) in [6.07, 6.45) is 0. The second kappa shape index (κ2) is 5.94. The quantitative estimate of drug-likeness (QED) is 0.508. The molecule has 3 rings (SSSR count). The minimum Gasteiger partial charge on any atom is -0.230 e. The van der Waals surface area contributed by atoms with Crippen molar-refractivity contribution in [2.75, 3.05) is 0 Å². The molecule has 1 heterocycles. The molecule has 20 heavy (non-hydrogen) atoms. The first-order chi connectivity index (χ1) is 9.63. The van der Waals surface area contributed by atoms with Gasteiger partial charge in [0.05, 0.1) is 10.2 Å². The summed E-state index contributed by atoms with van der Waals surface area (Å²) in [5.74, 6) is 0. The third kappa shape index (κ3) is 2.96. The van der Waals surface area contributed by atoms with E-state index in [1.807, 2.05) is 36.4 Å². The number of fused-ring (bicyclic) bond motifs is 1. The zero-order chi connectivity index (χ0) is 14.1. The van der Waals surface area contributed by atoms with Crippen LogP contribution in [0.4, 0.5) is 0 Å². The molecule has 0 amide bonds. The number of benzene rings is 2. The summed E-state index contributed by atoms with van der Waals surface area (Å²) in [4.78, 5) is 4.62. The molecule has 0 radical (unpaired) electrons. The van der Waals surface area contributed by atoms with Crippen LogP contribution in [0.5, 0.6) is 0 Å². The molecule has 2 aromatic carbocycles. The molecule has 1 nitrogen and oxygen atoms in total. The summed E-state index contributed by atoms with van der Waals surface area (Å²) in [6.45, 7) is 2.14. The Labute approximate surface area is 135 Å². The number of rotatable bonds is 3. The first-order valence-corrected chi connectivity index (χ1v) is 8.56. The van der Waals surface area contributed by atoms with Gasteiger partial charge in [-0.1, -0.05) is 53.2 Å². The SMILES string of the molecule is C[C@H](Sc1nc2cc(Cl)ccc2s1)c1ccccc1Cl. The lowest BCUT2D eigenvalue weighted by Crippen LogP contribution is -1.88. The summed E-state index contributed by atoms with van der Waals surface area (Å²) in [5.41, 5.74) is 2.09. The van der Waals surface area contributed by atoms with Gasteiger partial charge in [-0.15, -0.1) is 11.3 Å². The molecule has 0 bridgehead atoms. The highest BCUT2D eigenvalue weighted by molar-refractivity contribution is 8.01. The molecule has 1 atom stereocenters. The number of halogens is 2. The van der Waals surface area contributed by atoms with Crippen LogP contribution in [-0.2, 0) is 0 Å². The Balaban J connectivity index is 1.87. The van der Waals surface area contributed by atoms with E-state index in [9.17, 15) is 0 Å². The molecule has 3 aromatic rings. The van der Waals surface area contributed by atoms with Crippen molar-refractivity contribution in [2.24, 2.45) is 0 Å². The number of hydrogen-bond donors (Lipinski definition) is 0. The van der Waals surface area contributed by atoms with E-state index >= 15 is 0 Å². The summed E-state index contributed by atoms with van der Waals surface area (Å²) in [7, 11) is 0. The van der Waals surface area contributed by atoms with Crippen LogP contribution in [0.3, 0.4) is 0 Å². The lowest BCUT2D eigenvalue weighted by molar-refractivity contribution is 1.09. The van der Waals surface area contributed by atoms with E-state index in [-0.39, 0.29) is 5.25 Å². The monoisotopic (exact) mass is 339 g/mol. The van der Waals surface area contributed by atoms with Gasteiger partial charge in [-0.05, 0) is 36.8 Å². The summed E-state index contributed by atoms with van der Waals surface area (Å²) >= 11 is 15.6. The van der Waals surface area contributed by atoms with Crippen molar-refractivity contribution < 1.29 is 0 Å². The van der Waals surface area contributed by atoms with Gasteiger partial charge in [-0.25, -0.2) is 4.98 Å². The smallest absolute Gasteiger partial charge is 0.151 e. The molecule has 0 aliphatic rings. The zero-order valence-electron chi connectivity index (χ0n) is 10.6. The first kappa shape index (κ1) is 14.2. The van der Waals surface area contributed by atoms with Crippen molar-refractivity contribution in [2.45, 2.75) is 16.5 Å². The van der Waals surface area contributed by atoms with Gasteiger partial charge in [-0.3, -0.25) is 0 Å². The molecular weight excluding hydrogens is 329 g/mol. The fourth-order valence-electron chi connectivity index (χ4n) is 1.95. The van der Waals surface area contributed by atoms with Gasteiger partial charge in [0.15, 0.2) is 4.34 Å². The number of thioether (sulfide) groups is 1. The molecule has 5 heteroatoms. The van der Waals surface area contributed by atoms with Crippen LogP contribution < -0.4 is 0 Å². The number of aromatic nitrogens is 1. The van der Waals surface area contributed by atoms with Crippen LogP contribution in [0.15, 0.2) is 46.8 Å². The third-order valence-corrected chi connectivity index (χ3v) is 5.80. The highest BCUT2D eigenvalue weighted by Crippen LogP contribution is 2.41. The minimum atomic E-state index is 0.264. The lowest BCUT2D eigenvalue weighted by Gasteiger charge is -2.10. The van der Waals surface area contributed by atoms with E-state index in [1.54, 1.807) is 23.1 Å². The highest BCUT2D eigenvalue weighted by Gasteiger charge is 2.13. The standard InChI is InChI=1S/C15H11Cl2NS2/c1-9(11-4-2-3-5-12(11)17)19-15-18-13-8-10(16)6-7-14(13)20-15/h2-9H,1H3/t9-/m0/s1. The Morgan fingerprint density at radius 2 is 1.95 bits per heavy atom. The van der Waals surface area contributed by atoms with Crippen molar-refractivity contribution in [3.8, 4) is 0 Å². The van der Waals surface area contributed by atoms with Gasteiger partial charge >= 0.3 is 0 Å². The Bertz CT molecular complexity index is 754. The van der Waals surface area contributed by atoms with Gasteiger partial charge < -0.3 is 0 Å². The van der Waals surface area contributed by atoms with Gasteiger partial charge in [0.2, 0.25) is 0 Å². The van der Waals surface area contributed by atoms with E-state index < -0.39 is 0 Å². The van der Waals surface area contributed by atoms with E-state index in [2.05, 4.69) is 18.0 Å². The lowest BCUT2D eigenvalue weighted by atomic mass is 10.2. The van der Waals surface area contributed by atoms with Crippen LogP contribution in [0.1, 0.15) is 17.7 Å². The molecule has 102 valence electrons. The van der Waals surface area contributed by atoms with Crippen LogP contribution in [0, 0.1) is 0 Å². The predicted octanol–water partition coefficient (Wildman–Crippen LogP) is 6.46. The Morgan fingerprint density at radius 1 is 1.15 bits per heavy atom. The zero-order valence-corrected chi connectivity index (χ0v) is 13.8. The maximum atomic E-state index is 6.24. The molecule has 0 fully saturated rings. The second-order valence-corrected chi connectivity index (χ2v) is 7.84. The highest BCUT2D eigenvalue weighted by atomic mass is 35.5. The molecule has 0 unspecified atom stereocenters. The molecular formula is C15H11Cl2NS2. The van der Waals surface area contributed by atoms with Gasteiger partial charge in [0, 0.05) is 15.3 Å². The minimum absolute atomic E-state index is 0.264. The van der Waals surface area contributed by atoms with Crippen LogP contribution in [-0.4, -0.2) is 4.98 Å². The van der Waals surface area contributed by atoms with Crippen molar-refractivity contribution in [3.63, 3.8) is 0 Å². The number of nitrogens with zero attached hydrogens (tertiary/aromatic N) is 1. The molecule has 0 aliphatic heterocycles. The van der Waals surface area contributed by atoms with Crippen molar-refractivity contribution in [3.05, 3.63) is 58.1 Å². The van der Waals surface area contributed by atoms with Crippen molar-refractivity contribution in [1.82, 2.24) is 4.98 Å². The molecule has 0 saturated carbocycles.